The van der Waals surface area contributed by atoms with Gasteiger partial charge in [0.25, 0.3) is 0 Å². The van der Waals surface area contributed by atoms with E-state index in [2.05, 4.69) is 61.5 Å². The topological polar surface area (TPSA) is 62.8 Å². The van der Waals surface area contributed by atoms with Gasteiger partial charge in [-0.05, 0) is 31.4 Å². The summed E-state index contributed by atoms with van der Waals surface area (Å²) in [4.78, 5) is 15.8. The Morgan fingerprint density at radius 1 is 1.36 bits per heavy atom. The average molecular weight is 493 g/mol. The van der Waals surface area contributed by atoms with Crippen molar-refractivity contribution in [3.63, 3.8) is 0 Å². The molecule has 8 heteroatoms. The molecule has 1 fully saturated rings. The monoisotopic (exact) mass is 493 g/mol. The van der Waals surface area contributed by atoms with E-state index in [1.807, 2.05) is 31.7 Å². The van der Waals surface area contributed by atoms with Crippen molar-refractivity contribution in [1.82, 2.24) is 29.2 Å². The molecule has 2 atom stereocenters. The van der Waals surface area contributed by atoms with E-state index in [-0.39, 0.29) is 24.0 Å². The van der Waals surface area contributed by atoms with Gasteiger partial charge in [-0.2, -0.15) is 0 Å². The second kappa shape index (κ2) is 8.93. The van der Waals surface area contributed by atoms with Crippen molar-refractivity contribution in [3.05, 3.63) is 54.5 Å². The Morgan fingerprint density at radius 3 is 2.93 bits per heavy atom. The number of aryl methyl sites for hydroxylation is 1. The summed E-state index contributed by atoms with van der Waals surface area (Å²) in [5.74, 6) is 1.55. The fourth-order valence-electron chi connectivity index (χ4n) is 3.88. The minimum atomic E-state index is 0. The van der Waals surface area contributed by atoms with Crippen LogP contribution < -0.4 is 5.32 Å². The fraction of sp³-hybridized carbons (Fsp3) is 0.450. The van der Waals surface area contributed by atoms with Gasteiger partial charge >= 0.3 is 0 Å². The van der Waals surface area contributed by atoms with Crippen LogP contribution in [0.5, 0.6) is 0 Å². The van der Waals surface area contributed by atoms with Crippen molar-refractivity contribution in [3.8, 4) is 0 Å². The number of guanidine groups is 1. The fourth-order valence-corrected chi connectivity index (χ4v) is 3.88. The highest BCUT2D eigenvalue weighted by Gasteiger charge is 2.28. The lowest BCUT2D eigenvalue weighted by atomic mass is 9.93. The first kappa shape index (κ1) is 20.6. The molecule has 28 heavy (non-hydrogen) atoms. The van der Waals surface area contributed by atoms with Crippen LogP contribution in [-0.2, 0) is 6.54 Å². The van der Waals surface area contributed by atoms with Crippen LogP contribution in [0.15, 0.2) is 48.1 Å². The number of nitrogens with one attached hydrogen (secondary N) is 1. The SMILES string of the molecule is CN=C(NCc1cn2c(C)cccc2n1)N1CCC(C)C(n2ccnc2)C1.I. The third-order valence-corrected chi connectivity index (χ3v) is 5.51. The molecular weight excluding hydrogens is 465 g/mol. The number of aromatic nitrogens is 4. The Morgan fingerprint density at radius 2 is 2.21 bits per heavy atom. The third kappa shape index (κ3) is 4.16. The second-order valence-electron chi connectivity index (χ2n) is 7.32. The molecule has 0 aromatic carbocycles. The van der Waals surface area contributed by atoms with Gasteiger partial charge in [0, 0.05) is 44.4 Å². The molecule has 150 valence electrons. The van der Waals surface area contributed by atoms with Crippen molar-refractivity contribution >= 4 is 35.6 Å². The van der Waals surface area contributed by atoms with Crippen molar-refractivity contribution < 1.29 is 0 Å². The van der Waals surface area contributed by atoms with E-state index in [0.29, 0.717) is 18.5 Å². The van der Waals surface area contributed by atoms with Crippen LogP contribution in [0, 0.1) is 12.8 Å². The third-order valence-electron chi connectivity index (χ3n) is 5.51. The molecule has 2 unspecified atom stereocenters. The smallest absolute Gasteiger partial charge is 0.194 e. The lowest BCUT2D eigenvalue weighted by Gasteiger charge is -2.39. The lowest BCUT2D eigenvalue weighted by molar-refractivity contribution is 0.189. The number of fused-ring (bicyclic) bond motifs is 1. The first-order valence-electron chi connectivity index (χ1n) is 9.52. The molecule has 0 bridgehead atoms. The number of hydrogen-bond acceptors (Lipinski definition) is 3. The number of halogens is 1. The first-order chi connectivity index (χ1) is 13.2. The second-order valence-corrected chi connectivity index (χ2v) is 7.32. The van der Waals surface area contributed by atoms with E-state index >= 15 is 0 Å². The van der Waals surface area contributed by atoms with Gasteiger partial charge in [0.1, 0.15) is 5.65 Å². The van der Waals surface area contributed by atoms with Crippen molar-refractivity contribution in [2.45, 2.75) is 32.9 Å². The standard InChI is InChI=1S/C20H27N7.HI/c1-15-7-9-25(13-18(15)26-10-8-22-14-26)20(21-3)23-11-17-12-27-16(2)5-4-6-19(27)24-17;/h4-6,8,10,12,14-15,18H,7,9,11,13H2,1-3H3,(H,21,23);1H. The molecule has 7 nitrogen and oxygen atoms in total. The molecule has 1 N–H and O–H groups in total. The van der Waals surface area contributed by atoms with Gasteiger partial charge in [-0.3, -0.25) is 4.99 Å². The Bertz CT molecular complexity index is 931. The molecule has 1 saturated heterocycles. The highest BCUT2D eigenvalue weighted by Crippen LogP contribution is 2.27. The molecule has 1 aliphatic heterocycles. The number of imidazole rings is 2. The van der Waals surface area contributed by atoms with Gasteiger partial charge in [0.15, 0.2) is 5.96 Å². The van der Waals surface area contributed by atoms with Crippen molar-refractivity contribution in [2.24, 2.45) is 10.9 Å². The van der Waals surface area contributed by atoms with Gasteiger partial charge in [-0.25, -0.2) is 9.97 Å². The maximum atomic E-state index is 4.71. The van der Waals surface area contributed by atoms with Crippen LogP contribution in [-0.4, -0.2) is 49.9 Å². The zero-order chi connectivity index (χ0) is 18.8. The van der Waals surface area contributed by atoms with Crippen LogP contribution in [0.25, 0.3) is 5.65 Å². The molecule has 0 amide bonds. The normalized spacial score (nSPS) is 20.2. The van der Waals surface area contributed by atoms with Crippen LogP contribution in [0.1, 0.15) is 30.8 Å². The maximum Gasteiger partial charge on any atom is 0.194 e. The van der Waals surface area contributed by atoms with E-state index in [1.165, 1.54) is 5.69 Å². The molecule has 3 aromatic rings. The summed E-state index contributed by atoms with van der Waals surface area (Å²) in [6.45, 7) is 7.01. The molecule has 4 heterocycles. The number of hydrogen-bond donors (Lipinski definition) is 1. The number of rotatable bonds is 3. The average Bonchev–Trinajstić information content (AvgIpc) is 3.33. The highest BCUT2D eigenvalue weighted by atomic mass is 127. The predicted molar refractivity (Wildman–Crippen MR) is 122 cm³/mol. The molecule has 0 aliphatic carbocycles. The van der Waals surface area contributed by atoms with Crippen LogP contribution >= 0.6 is 24.0 Å². The minimum absolute atomic E-state index is 0. The zero-order valence-electron chi connectivity index (χ0n) is 16.6. The Balaban J connectivity index is 0.00000225. The largest absolute Gasteiger partial charge is 0.351 e. The number of pyridine rings is 1. The van der Waals surface area contributed by atoms with E-state index in [0.717, 1.165) is 36.8 Å². The van der Waals surface area contributed by atoms with Gasteiger partial charge in [-0.1, -0.05) is 13.0 Å². The maximum absolute atomic E-state index is 4.71. The number of aliphatic imine (C=N–C) groups is 1. The van der Waals surface area contributed by atoms with Crippen LogP contribution in [0.4, 0.5) is 0 Å². The number of piperidine rings is 1. The molecular formula is C20H28IN7. The molecule has 0 spiro atoms. The molecule has 0 radical (unpaired) electrons. The van der Waals surface area contributed by atoms with Crippen LogP contribution in [0.2, 0.25) is 0 Å². The van der Waals surface area contributed by atoms with E-state index < -0.39 is 0 Å². The van der Waals surface area contributed by atoms with E-state index in [1.54, 1.807) is 0 Å². The summed E-state index contributed by atoms with van der Waals surface area (Å²) in [5, 5.41) is 3.49. The minimum Gasteiger partial charge on any atom is -0.351 e. The summed E-state index contributed by atoms with van der Waals surface area (Å²) < 4.78 is 4.34. The summed E-state index contributed by atoms with van der Waals surface area (Å²) in [6.07, 6.45) is 9.05. The molecule has 4 rings (SSSR count). The van der Waals surface area contributed by atoms with Crippen molar-refractivity contribution in [1.29, 1.82) is 0 Å². The van der Waals surface area contributed by atoms with E-state index in [4.69, 9.17) is 4.98 Å². The Kier molecular flexibility index (Phi) is 6.58. The zero-order valence-corrected chi connectivity index (χ0v) is 18.9. The molecule has 3 aromatic heterocycles. The number of nitrogens with zero attached hydrogens (tertiary/aromatic N) is 6. The Labute approximate surface area is 182 Å². The number of likely N-dealkylation sites (tertiary alicyclic amines) is 1. The quantitative estimate of drug-likeness (QED) is 0.346. The Hall–Kier alpha value is -2.10. The summed E-state index contributed by atoms with van der Waals surface area (Å²) in [5.41, 5.74) is 3.18. The molecule has 1 aliphatic rings. The molecule has 0 saturated carbocycles. The summed E-state index contributed by atoms with van der Waals surface area (Å²) >= 11 is 0. The van der Waals surface area contributed by atoms with Gasteiger partial charge in [0.2, 0.25) is 0 Å². The lowest BCUT2D eigenvalue weighted by Crippen LogP contribution is -2.48. The van der Waals surface area contributed by atoms with E-state index in [9.17, 15) is 0 Å². The summed E-state index contributed by atoms with van der Waals surface area (Å²) in [7, 11) is 1.85. The first-order valence-corrected chi connectivity index (χ1v) is 9.52. The van der Waals surface area contributed by atoms with Gasteiger partial charge in [-0.15, -0.1) is 24.0 Å². The predicted octanol–water partition coefficient (Wildman–Crippen LogP) is 3.12. The highest BCUT2D eigenvalue weighted by molar-refractivity contribution is 14.0. The van der Waals surface area contributed by atoms with Crippen molar-refractivity contribution in [2.75, 3.05) is 20.1 Å². The summed E-state index contributed by atoms with van der Waals surface area (Å²) in [6, 6.07) is 6.58. The van der Waals surface area contributed by atoms with Gasteiger partial charge < -0.3 is 19.2 Å². The van der Waals surface area contributed by atoms with Crippen LogP contribution in [0.3, 0.4) is 0 Å². The van der Waals surface area contributed by atoms with Gasteiger partial charge in [0.05, 0.1) is 24.6 Å².